The fraction of sp³-hybridized carbons (Fsp3) is 0.217. The predicted octanol–water partition coefficient (Wildman–Crippen LogP) is 3.99. The molecule has 0 fully saturated rings. The summed E-state index contributed by atoms with van der Waals surface area (Å²) in [7, 11) is 0. The number of amides is 1. The molecule has 3 aromatic heterocycles. The monoisotopic (exact) mass is 450 g/mol. The highest BCUT2D eigenvalue weighted by Crippen LogP contribution is 2.25. The van der Waals surface area contributed by atoms with Gasteiger partial charge in [-0.05, 0) is 61.5 Å². The summed E-state index contributed by atoms with van der Waals surface area (Å²) in [5.41, 5.74) is 1.39. The Hall–Kier alpha value is -2.97. The normalized spacial score (nSPS) is 12.1. The van der Waals surface area contributed by atoms with Crippen LogP contribution in [-0.2, 0) is 11.2 Å². The Morgan fingerprint density at radius 2 is 2.06 bits per heavy atom. The molecule has 1 amide bonds. The zero-order valence-corrected chi connectivity index (χ0v) is 18.9. The molecule has 3 heterocycles. The van der Waals surface area contributed by atoms with Crippen LogP contribution in [0.2, 0.25) is 0 Å². The van der Waals surface area contributed by atoms with Crippen LogP contribution in [0, 0.1) is 6.92 Å². The number of thiophene rings is 1. The second kappa shape index (κ2) is 9.45. The zero-order valence-electron chi connectivity index (χ0n) is 17.2. The van der Waals surface area contributed by atoms with Gasteiger partial charge in [0, 0.05) is 17.6 Å². The van der Waals surface area contributed by atoms with E-state index in [-0.39, 0.29) is 11.5 Å². The highest BCUT2D eigenvalue weighted by molar-refractivity contribution is 8.00. The predicted molar refractivity (Wildman–Crippen MR) is 126 cm³/mol. The molecule has 158 valence electrons. The van der Waals surface area contributed by atoms with Gasteiger partial charge in [-0.2, -0.15) is 0 Å². The van der Waals surface area contributed by atoms with Crippen LogP contribution in [-0.4, -0.2) is 32.2 Å². The van der Waals surface area contributed by atoms with E-state index in [1.807, 2.05) is 49.6 Å². The van der Waals surface area contributed by atoms with Crippen molar-refractivity contribution in [3.05, 3.63) is 80.9 Å². The Morgan fingerprint density at radius 3 is 2.84 bits per heavy atom. The third-order valence-electron chi connectivity index (χ3n) is 4.78. The summed E-state index contributed by atoms with van der Waals surface area (Å²) in [6.45, 7) is 4.34. The molecule has 31 heavy (non-hydrogen) atoms. The number of carbonyl (C=O) groups is 1. The first-order chi connectivity index (χ1) is 15.0. The summed E-state index contributed by atoms with van der Waals surface area (Å²) in [5.74, 6) is 0.406. The number of fused-ring (bicyclic) bond motifs is 1. The largest absolute Gasteiger partial charge is 0.355 e. The fourth-order valence-electron chi connectivity index (χ4n) is 3.16. The molecule has 8 heteroatoms. The summed E-state index contributed by atoms with van der Waals surface area (Å²) in [6, 6.07) is 15.0. The molecule has 4 aromatic rings. The van der Waals surface area contributed by atoms with Crippen LogP contribution in [0.1, 0.15) is 17.4 Å². The molecule has 1 aromatic carbocycles. The lowest BCUT2D eigenvalue weighted by Gasteiger charge is -2.16. The van der Waals surface area contributed by atoms with Crippen LogP contribution in [0.5, 0.6) is 0 Å². The lowest BCUT2D eigenvalue weighted by atomic mass is 10.2. The van der Waals surface area contributed by atoms with Gasteiger partial charge in [-0.25, -0.2) is 14.5 Å². The van der Waals surface area contributed by atoms with Crippen molar-refractivity contribution in [1.82, 2.24) is 19.9 Å². The van der Waals surface area contributed by atoms with E-state index in [9.17, 15) is 9.59 Å². The number of carbonyl (C=O) groups excluding carboxylic acids is 1. The average molecular weight is 451 g/mol. The number of rotatable bonds is 7. The average Bonchev–Trinajstić information content (AvgIpc) is 3.27. The van der Waals surface area contributed by atoms with Crippen molar-refractivity contribution in [1.29, 1.82) is 0 Å². The first-order valence-corrected chi connectivity index (χ1v) is 11.7. The van der Waals surface area contributed by atoms with E-state index in [0.29, 0.717) is 28.4 Å². The van der Waals surface area contributed by atoms with Gasteiger partial charge in [0.25, 0.3) is 5.56 Å². The number of hydrogen-bond donors (Lipinski definition) is 1. The summed E-state index contributed by atoms with van der Waals surface area (Å²) in [6.07, 6.45) is 2.47. The molecule has 0 spiro atoms. The molecule has 0 bridgehead atoms. The van der Waals surface area contributed by atoms with Gasteiger partial charge in [0.1, 0.15) is 5.82 Å². The number of para-hydroxylation sites is 1. The summed E-state index contributed by atoms with van der Waals surface area (Å²) < 4.78 is 1.50. The molecular weight excluding hydrogens is 428 g/mol. The van der Waals surface area contributed by atoms with E-state index < -0.39 is 5.25 Å². The summed E-state index contributed by atoms with van der Waals surface area (Å²) in [5, 5.41) is 5.54. The molecule has 0 aliphatic carbocycles. The number of nitrogens with zero attached hydrogens (tertiary/aromatic N) is 3. The lowest BCUT2D eigenvalue weighted by Crippen LogP contribution is -2.33. The van der Waals surface area contributed by atoms with E-state index in [1.54, 1.807) is 29.7 Å². The van der Waals surface area contributed by atoms with Crippen LogP contribution in [0.3, 0.4) is 0 Å². The van der Waals surface area contributed by atoms with Crippen LogP contribution in [0.15, 0.2) is 70.1 Å². The van der Waals surface area contributed by atoms with Gasteiger partial charge in [0.15, 0.2) is 5.16 Å². The second-order valence-electron chi connectivity index (χ2n) is 7.12. The van der Waals surface area contributed by atoms with Crippen molar-refractivity contribution in [3.63, 3.8) is 0 Å². The molecule has 6 nitrogen and oxygen atoms in total. The van der Waals surface area contributed by atoms with Gasteiger partial charge in [0.05, 0.1) is 16.2 Å². The zero-order chi connectivity index (χ0) is 21.8. The molecule has 1 atom stereocenters. The number of pyridine rings is 1. The van der Waals surface area contributed by atoms with Crippen molar-refractivity contribution in [3.8, 4) is 5.82 Å². The van der Waals surface area contributed by atoms with Crippen molar-refractivity contribution in [2.24, 2.45) is 0 Å². The van der Waals surface area contributed by atoms with Crippen molar-refractivity contribution in [2.45, 2.75) is 30.7 Å². The number of hydrogen-bond acceptors (Lipinski definition) is 6. The topological polar surface area (TPSA) is 76.9 Å². The minimum absolute atomic E-state index is 0.0901. The van der Waals surface area contributed by atoms with E-state index in [4.69, 9.17) is 4.98 Å². The standard InChI is InChI=1S/C23H22N4O2S2/c1-15-9-11-24-20(14-15)27-22(29)18-7-3-4-8-19(18)26-23(27)31-16(2)21(28)25-12-10-17-6-5-13-30-17/h3-9,11,13-14,16H,10,12H2,1-2H3,(H,25,28). The first kappa shape index (κ1) is 21.3. The Morgan fingerprint density at radius 1 is 1.23 bits per heavy atom. The molecule has 1 unspecified atom stereocenters. The van der Waals surface area contributed by atoms with Crippen molar-refractivity contribution in [2.75, 3.05) is 6.54 Å². The molecule has 0 aliphatic heterocycles. The Bertz CT molecular complexity index is 1270. The van der Waals surface area contributed by atoms with Gasteiger partial charge >= 0.3 is 0 Å². The van der Waals surface area contributed by atoms with E-state index in [0.717, 1.165) is 12.0 Å². The number of nitrogens with one attached hydrogen (secondary N) is 1. The number of aromatic nitrogens is 3. The third-order valence-corrected chi connectivity index (χ3v) is 6.77. The van der Waals surface area contributed by atoms with Crippen molar-refractivity contribution < 1.29 is 4.79 Å². The number of thioether (sulfide) groups is 1. The van der Waals surface area contributed by atoms with E-state index >= 15 is 0 Å². The highest BCUT2D eigenvalue weighted by Gasteiger charge is 2.20. The third kappa shape index (κ3) is 4.86. The van der Waals surface area contributed by atoms with Gasteiger partial charge in [-0.1, -0.05) is 30.0 Å². The molecular formula is C23H22N4O2S2. The Balaban J connectivity index is 1.62. The maximum Gasteiger partial charge on any atom is 0.267 e. The first-order valence-electron chi connectivity index (χ1n) is 9.94. The molecule has 1 N–H and O–H groups in total. The maximum absolute atomic E-state index is 13.3. The van der Waals surface area contributed by atoms with Gasteiger partial charge in [0.2, 0.25) is 5.91 Å². The molecule has 4 rings (SSSR count). The minimum Gasteiger partial charge on any atom is -0.355 e. The fourth-order valence-corrected chi connectivity index (χ4v) is 4.80. The molecule has 0 saturated carbocycles. The van der Waals surface area contributed by atoms with Crippen LogP contribution in [0.25, 0.3) is 16.7 Å². The smallest absolute Gasteiger partial charge is 0.267 e. The van der Waals surface area contributed by atoms with E-state index in [2.05, 4.69) is 16.4 Å². The number of benzene rings is 1. The molecule has 0 saturated heterocycles. The van der Waals surface area contributed by atoms with Gasteiger partial charge in [-0.15, -0.1) is 11.3 Å². The lowest BCUT2D eigenvalue weighted by molar-refractivity contribution is -0.120. The second-order valence-corrected chi connectivity index (χ2v) is 9.46. The molecule has 0 radical (unpaired) electrons. The van der Waals surface area contributed by atoms with Gasteiger partial charge < -0.3 is 5.32 Å². The van der Waals surface area contributed by atoms with Crippen LogP contribution >= 0.6 is 23.1 Å². The van der Waals surface area contributed by atoms with Gasteiger partial charge in [-0.3, -0.25) is 9.59 Å². The molecule has 0 aliphatic rings. The number of aryl methyl sites for hydroxylation is 1. The maximum atomic E-state index is 13.3. The summed E-state index contributed by atoms with van der Waals surface area (Å²) in [4.78, 5) is 36.3. The SMILES string of the molecule is Cc1ccnc(-n2c(SC(C)C(=O)NCCc3cccs3)nc3ccccc3c2=O)c1. The van der Waals surface area contributed by atoms with E-state index in [1.165, 1.54) is 21.2 Å². The van der Waals surface area contributed by atoms with Crippen LogP contribution in [0.4, 0.5) is 0 Å². The quantitative estimate of drug-likeness (QED) is 0.340. The van der Waals surface area contributed by atoms with Crippen molar-refractivity contribution >= 4 is 39.9 Å². The summed E-state index contributed by atoms with van der Waals surface area (Å²) >= 11 is 2.94. The Kier molecular flexibility index (Phi) is 6.48. The Labute approximate surface area is 188 Å². The minimum atomic E-state index is -0.424. The highest BCUT2D eigenvalue weighted by atomic mass is 32.2. The van der Waals surface area contributed by atoms with Crippen LogP contribution < -0.4 is 10.9 Å².